The van der Waals surface area contributed by atoms with Gasteiger partial charge in [0.2, 0.25) is 5.27 Å². The average molecular weight is 219 g/mol. The second kappa shape index (κ2) is 4.04. The molecule has 1 aromatic heterocycles. The lowest BCUT2D eigenvalue weighted by atomic mass is 10.2. The van der Waals surface area contributed by atoms with Crippen LogP contribution in [0.25, 0.3) is 5.73 Å². The lowest BCUT2D eigenvalue weighted by molar-refractivity contribution is -0.762. The summed E-state index contributed by atoms with van der Waals surface area (Å²) >= 11 is 0. The zero-order valence-electron chi connectivity index (χ0n) is 8.30. The Morgan fingerprint density at radius 1 is 1.50 bits per heavy atom. The minimum Gasteiger partial charge on any atom is -0.660 e. The highest BCUT2D eigenvalue weighted by Gasteiger charge is 2.35. The second-order valence-corrected chi connectivity index (χ2v) is 3.64. The Morgan fingerprint density at radius 3 is 2.50 bits per heavy atom. The van der Waals surface area contributed by atoms with E-state index in [1.165, 1.54) is 12.8 Å². The smallest absolute Gasteiger partial charge is 0.256 e. The molecule has 5 nitrogen and oxygen atoms in total. The third kappa shape index (κ3) is 1.77. The first-order chi connectivity index (χ1) is 6.18. The first-order valence-electron chi connectivity index (χ1n) is 4.57. The second-order valence-electron chi connectivity index (χ2n) is 3.64. The quantitative estimate of drug-likeness (QED) is 0.673. The van der Waals surface area contributed by atoms with Gasteiger partial charge in [-0.05, 0) is 26.7 Å². The fourth-order valence-corrected chi connectivity index (χ4v) is 1.93. The van der Waals surface area contributed by atoms with Crippen LogP contribution in [0.2, 0.25) is 0 Å². The zero-order valence-corrected chi connectivity index (χ0v) is 9.12. The van der Waals surface area contributed by atoms with Gasteiger partial charge >= 0.3 is 0 Å². The van der Waals surface area contributed by atoms with Crippen molar-refractivity contribution in [1.29, 1.82) is 0 Å². The van der Waals surface area contributed by atoms with Crippen molar-refractivity contribution in [3.05, 3.63) is 11.9 Å². The van der Waals surface area contributed by atoms with E-state index in [2.05, 4.69) is 24.1 Å². The lowest BCUT2D eigenvalue weighted by Gasteiger charge is -2.15. The Morgan fingerprint density at radius 2 is 2.07 bits per heavy atom. The maximum absolute atomic E-state index is 7.23. The number of nitrogens with one attached hydrogen (secondary N) is 1. The van der Waals surface area contributed by atoms with E-state index in [1.54, 1.807) is 11.0 Å². The number of rotatable bonds is 1. The van der Waals surface area contributed by atoms with Crippen molar-refractivity contribution in [2.75, 3.05) is 5.01 Å². The Hall–Kier alpha value is -0.970. The standard InChI is InChI=1S/C8H14N4O.ClH/c1-6-3-4-7(2)12(6)11-5-8(9)13-10-11;/h5-7,9H,3-4H2,1-2H3;1H. The first kappa shape index (κ1) is 11.1. The predicted molar refractivity (Wildman–Crippen MR) is 54.3 cm³/mol. The summed E-state index contributed by atoms with van der Waals surface area (Å²) < 4.78 is 4.71. The molecule has 1 fully saturated rings. The van der Waals surface area contributed by atoms with Crippen molar-refractivity contribution in [2.45, 2.75) is 38.8 Å². The van der Waals surface area contributed by atoms with E-state index in [0.29, 0.717) is 12.1 Å². The summed E-state index contributed by atoms with van der Waals surface area (Å²) in [5, 5.41) is 5.92. The molecule has 0 aromatic carbocycles. The van der Waals surface area contributed by atoms with E-state index in [1.807, 2.05) is 0 Å². The van der Waals surface area contributed by atoms with Gasteiger partial charge in [0, 0.05) is 0 Å². The van der Waals surface area contributed by atoms with E-state index in [4.69, 9.17) is 10.3 Å². The Balaban J connectivity index is 0.000000980. The van der Waals surface area contributed by atoms with E-state index in [9.17, 15) is 0 Å². The van der Waals surface area contributed by atoms with Gasteiger partial charge < -0.3 is 10.3 Å². The maximum Gasteiger partial charge on any atom is 0.256 e. The molecule has 14 heavy (non-hydrogen) atoms. The van der Waals surface area contributed by atoms with Gasteiger partial charge in [-0.1, -0.05) is 0 Å². The van der Waals surface area contributed by atoms with Crippen molar-refractivity contribution in [1.82, 2.24) is 5.27 Å². The Labute approximate surface area is 89.2 Å². The van der Waals surface area contributed by atoms with Crippen molar-refractivity contribution in [2.24, 2.45) is 0 Å². The zero-order chi connectivity index (χ0) is 9.42. The minimum atomic E-state index is 0. The van der Waals surface area contributed by atoms with Crippen LogP contribution in [0.4, 0.5) is 5.88 Å². The molecule has 1 N–H and O–H groups in total. The highest BCUT2D eigenvalue weighted by Crippen LogP contribution is 2.18. The van der Waals surface area contributed by atoms with Crippen LogP contribution in [0.15, 0.2) is 10.7 Å². The van der Waals surface area contributed by atoms with Gasteiger partial charge in [0.15, 0.2) is 0 Å². The fraction of sp³-hybridized carbons (Fsp3) is 0.750. The Bertz CT molecular complexity index is 293. The van der Waals surface area contributed by atoms with Crippen LogP contribution in [0, 0.1) is 0 Å². The summed E-state index contributed by atoms with van der Waals surface area (Å²) in [7, 11) is 0. The molecule has 1 aliphatic rings. The molecule has 1 aliphatic heterocycles. The van der Waals surface area contributed by atoms with Crippen LogP contribution >= 0.6 is 12.4 Å². The van der Waals surface area contributed by atoms with Crippen molar-refractivity contribution >= 4 is 18.3 Å². The van der Waals surface area contributed by atoms with Crippen LogP contribution in [0.1, 0.15) is 26.7 Å². The molecule has 0 saturated carbocycles. The SMILES string of the molecule is CC1CCC(C)N1[n+]1cc([NH-])on1.Cl. The summed E-state index contributed by atoms with van der Waals surface area (Å²) in [6.45, 7) is 4.32. The van der Waals surface area contributed by atoms with E-state index < -0.39 is 0 Å². The number of hydrogen-bond donors (Lipinski definition) is 0. The minimum absolute atomic E-state index is 0. The molecular formula is C8H15ClN4O. The molecule has 2 atom stereocenters. The van der Waals surface area contributed by atoms with Crippen LogP contribution < -0.4 is 9.80 Å². The highest BCUT2D eigenvalue weighted by atomic mass is 35.5. The van der Waals surface area contributed by atoms with Crippen LogP contribution in [-0.4, -0.2) is 17.4 Å². The fourth-order valence-electron chi connectivity index (χ4n) is 1.93. The third-order valence-electron chi connectivity index (χ3n) is 2.60. The summed E-state index contributed by atoms with van der Waals surface area (Å²) in [6, 6.07) is 0.953. The highest BCUT2D eigenvalue weighted by molar-refractivity contribution is 5.85. The summed E-state index contributed by atoms with van der Waals surface area (Å²) in [5.74, 6) is 0.103. The Kier molecular flexibility index (Phi) is 3.21. The third-order valence-corrected chi connectivity index (χ3v) is 2.60. The average Bonchev–Trinajstić information content (AvgIpc) is 2.60. The normalized spacial score (nSPS) is 26.3. The van der Waals surface area contributed by atoms with Gasteiger partial charge in [0.25, 0.3) is 6.20 Å². The van der Waals surface area contributed by atoms with Gasteiger partial charge in [-0.3, -0.25) is 0 Å². The molecule has 0 amide bonds. The molecule has 2 unspecified atom stereocenters. The van der Waals surface area contributed by atoms with Gasteiger partial charge in [-0.25, -0.2) is 0 Å². The summed E-state index contributed by atoms with van der Waals surface area (Å²) in [4.78, 5) is 1.64. The first-order valence-corrected chi connectivity index (χ1v) is 4.57. The van der Waals surface area contributed by atoms with Crippen molar-refractivity contribution in [3.63, 3.8) is 0 Å². The molecule has 2 rings (SSSR count). The largest absolute Gasteiger partial charge is 0.660 e. The number of hydrogen-bond acceptors (Lipinski definition) is 3. The van der Waals surface area contributed by atoms with Crippen LogP contribution in [0.3, 0.4) is 0 Å². The lowest BCUT2D eigenvalue weighted by Crippen LogP contribution is -2.63. The van der Waals surface area contributed by atoms with Crippen molar-refractivity contribution in [3.8, 4) is 0 Å². The molecule has 80 valence electrons. The summed E-state index contributed by atoms with van der Waals surface area (Å²) in [6.07, 6.45) is 3.95. The molecular weight excluding hydrogens is 204 g/mol. The van der Waals surface area contributed by atoms with E-state index in [0.717, 1.165) is 0 Å². The molecule has 6 heteroatoms. The topological polar surface area (TPSA) is 57.0 Å². The van der Waals surface area contributed by atoms with Gasteiger partial charge in [0.05, 0.1) is 16.9 Å². The maximum atomic E-state index is 7.23. The summed E-state index contributed by atoms with van der Waals surface area (Å²) in [5.41, 5.74) is 7.23. The number of halogens is 1. The monoisotopic (exact) mass is 218 g/mol. The molecule has 1 aromatic rings. The molecule has 0 bridgehead atoms. The van der Waals surface area contributed by atoms with E-state index in [-0.39, 0.29) is 18.3 Å². The van der Waals surface area contributed by atoms with Gasteiger partial charge in [-0.2, -0.15) is 0 Å². The van der Waals surface area contributed by atoms with E-state index >= 15 is 0 Å². The van der Waals surface area contributed by atoms with Gasteiger partial charge in [-0.15, -0.1) is 17.4 Å². The van der Waals surface area contributed by atoms with Crippen LogP contribution in [0.5, 0.6) is 0 Å². The number of aromatic nitrogens is 2. The molecule has 0 radical (unpaired) electrons. The van der Waals surface area contributed by atoms with Crippen LogP contribution in [-0.2, 0) is 0 Å². The molecule has 2 heterocycles. The van der Waals surface area contributed by atoms with Gasteiger partial charge in [0.1, 0.15) is 5.88 Å². The van der Waals surface area contributed by atoms with Crippen molar-refractivity contribution < 1.29 is 9.31 Å². The predicted octanol–water partition coefficient (Wildman–Crippen LogP) is 1.58. The molecule has 0 spiro atoms. The molecule has 0 aliphatic carbocycles. The number of nitrogens with zero attached hydrogens (tertiary/aromatic N) is 3. The molecule has 1 saturated heterocycles.